The number of thiazole rings is 1. The van der Waals surface area contributed by atoms with Gasteiger partial charge in [-0.2, -0.15) is 0 Å². The van der Waals surface area contributed by atoms with Gasteiger partial charge in [0.15, 0.2) is 5.13 Å². The molecule has 0 atom stereocenters. The summed E-state index contributed by atoms with van der Waals surface area (Å²) in [6, 6.07) is 20.1. The van der Waals surface area contributed by atoms with Gasteiger partial charge in [-0.15, -0.1) is 23.1 Å². The van der Waals surface area contributed by atoms with Crippen molar-refractivity contribution in [2.45, 2.75) is 37.1 Å². The topological polar surface area (TPSA) is 71.3 Å². The molecule has 1 aliphatic rings. The maximum absolute atomic E-state index is 13.1. The number of amides is 1. The summed E-state index contributed by atoms with van der Waals surface area (Å²) in [6.07, 6.45) is 0.900. The van der Waals surface area contributed by atoms with E-state index in [0.29, 0.717) is 16.4 Å². The van der Waals surface area contributed by atoms with Crippen LogP contribution in [0.15, 0.2) is 70.1 Å². The highest BCUT2D eigenvalue weighted by Crippen LogP contribution is 2.31. The van der Waals surface area contributed by atoms with E-state index in [4.69, 9.17) is 9.51 Å². The Balaban J connectivity index is 1.24. The predicted molar refractivity (Wildman–Crippen MR) is 132 cm³/mol. The van der Waals surface area contributed by atoms with Crippen molar-refractivity contribution >= 4 is 34.1 Å². The average molecular weight is 477 g/mol. The third-order valence-electron chi connectivity index (χ3n) is 5.46. The van der Waals surface area contributed by atoms with Crippen molar-refractivity contribution in [1.82, 2.24) is 15.0 Å². The van der Waals surface area contributed by atoms with Crippen LogP contribution in [-0.2, 0) is 25.3 Å². The van der Waals surface area contributed by atoms with Crippen molar-refractivity contribution in [3.63, 3.8) is 0 Å². The van der Waals surface area contributed by atoms with E-state index < -0.39 is 0 Å². The first-order valence-electron chi connectivity index (χ1n) is 10.8. The van der Waals surface area contributed by atoms with Crippen molar-refractivity contribution in [1.29, 1.82) is 0 Å². The van der Waals surface area contributed by atoms with E-state index in [1.54, 1.807) is 23.1 Å². The Bertz CT molecular complexity index is 1250. The van der Waals surface area contributed by atoms with E-state index in [1.165, 1.54) is 10.4 Å². The lowest BCUT2D eigenvalue weighted by atomic mass is 10.1. The second-order valence-corrected chi connectivity index (χ2v) is 10.1. The lowest BCUT2D eigenvalue weighted by Crippen LogP contribution is -2.29. The number of fused-ring (bicyclic) bond motifs is 1. The summed E-state index contributed by atoms with van der Waals surface area (Å²) in [5.74, 6) is 1.27. The van der Waals surface area contributed by atoms with Crippen LogP contribution in [0.2, 0.25) is 0 Å². The number of rotatable bonds is 7. The largest absolute Gasteiger partial charge is 0.360 e. The molecule has 0 saturated heterocycles. The molecular formula is C25H24N4O2S2. The number of hydrogen-bond donors (Lipinski definition) is 1. The fourth-order valence-electron chi connectivity index (χ4n) is 3.86. The molecule has 1 amide bonds. The number of hydrogen-bond acceptors (Lipinski definition) is 7. The molecule has 0 aliphatic carbocycles. The Morgan fingerprint density at radius 2 is 2.00 bits per heavy atom. The third kappa shape index (κ3) is 5.35. The SMILES string of the molecule is Cc1cc(CSc2ccccc2C(=O)Nc2nc3c(s2)CN(Cc2ccccc2)CC3)on1. The highest BCUT2D eigenvalue weighted by molar-refractivity contribution is 7.98. The van der Waals surface area contributed by atoms with Crippen molar-refractivity contribution in [2.75, 3.05) is 11.9 Å². The summed E-state index contributed by atoms with van der Waals surface area (Å²) in [6.45, 7) is 4.66. The molecule has 168 valence electrons. The van der Waals surface area contributed by atoms with Crippen LogP contribution >= 0.6 is 23.1 Å². The normalized spacial score (nSPS) is 13.6. The van der Waals surface area contributed by atoms with Crippen molar-refractivity contribution in [2.24, 2.45) is 0 Å². The molecule has 6 nitrogen and oxygen atoms in total. The van der Waals surface area contributed by atoms with Crippen LogP contribution in [0.1, 0.15) is 37.9 Å². The fraction of sp³-hybridized carbons (Fsp3) is 0.240. The van der Waals surface area contributed by atoms with E-state index in [-0.39, 0.29) is 5.91 Å². The molecule has 0 unspecified atom stereocenters. The van der Waals surface area contributed by atoms with Gasteiger partial charge in [0.05, 0.1) is 22.7 Å². The molecular weight excluding hydrogens is 452 g/mol. The van der Waals surface area contributed by atoms with Crippen molar-refractivity contribution in [3.8, 4) is 0 Å². The van der Waals surface area contributed by atoms with Gasteiger partial charge in [-0.3, -0.25) is 15.0 Å². The molecule has 5 rings (SSSR count). The summed E-state index contributed by atoms with van der Waals surface area (Å²) in [7, 11) is 0. The number of nitrogens with one attached hydrogen (secondary N) is 1. The van der Waals surface area contributed by atoms with E-state index in [1.807, 2.05) is 43.3 Å². The number of thioether (sulfide) groups is 1. The smallest absolute Gasteiger partial charge is 0.258 e. The summed E-state index contributed by atoms with van der Waals surface area (Å²) in [5, 5.41) is 7.61. The summed E-state index contributed by atoms with van der Waals surface area (Å²) < 4.78 is 5.29. The number of benzene rings is 2. The van der Waals surface area contributed by atoms with Crippen LogP contribution in [0, 0.1) is 6.92 Å². The standard InChI is InChI=1S/C25H24N4O2S2/c1-17-13-19(31-28-17)16-32-22-10-6-5-9-20(22)24(30)27-25-26-21-11-12-29(15-23(21)33-25)14-18-7-3-2-4-8-18/h2-10,13H,11-12,14-16H2,1H3,(H,26,27,30). The maximum atomic E-state index is 13.1. The number of aryl methyl sites for hydroxylation is 1. The summed E-state index contributed by atoms with van der Waals surface area (Å²) in [5.41, 5.74) is 3.90. The number of nitrogens with zero attached hydrogens (tertiary/aromatic N) is 3. The molecule has 0 bridgehead atoms. The highest BCUT2D eigenvalue weighted by atomic mass is 32.2. The molecule has 1 N–H and O–H groups in total. The highest BCUT2D eigenvalue weighted by Gasteiger charge is 2.22. The van der Waals surface area contributed by atoms with Gasteiger partial charge in [0.25, 0.3) is 5.91 Å². The summed E-state index contributed by atoms with van der Waals surface area (Å²) >= 11 is 3.14. The summed E-state index contributed by atoms with van der Waals surface area (Å²) in [4.78, 5) is 22.3. The minimum atomic E-state index is -0.140. The number of aromatic nitrogens is 2. The first-order chi connectivity index (χ1) is 16.1. The molecule has 0 spiro atoms. The monoisotopic (exact) mass is 476 g/mol. The van der Waals surface area contributed by atoms with Crippen LogP contribution in [0.4, 0.5) is 5.13 Å². The lowest BCUT2D eigenvalue weighted by Gasteiger charge is -2.25. The Morgan fingerprint density at radius 3 is 2.82 bits per heavy atom. The van der Waals surface area contributed by atoms with Crippen molar-refractivity contribution < 1.29 is 9.32 Å². The van der Waals surface area contributed by atoms with Crippen LogP contribution in [0.25, 0.3) is 0 Å². The van der Waals surface area contributed by atoms with Gasteiger partial charge in [-0.05, 0) is 24.6 Å². The van der Waals surface area contributed by atoms with Gasteiger partial charge in [-0.1, -0.05) is 47.6 Å². The zero-order valence-corrected chi connectivity index (χ0v) is 19.9. The number of anilines is 1. The Kier molecular flexibility index (Phi) is 6.57. The molecule has 8 heteroatoms. The molecule has 3 heterocycles. The Hall–Kier alpha value is -2.94. The zero-order valence-electron chi connectivity index (χ0n) is 18.3. The molecule has 0 saturated carbocycles. The minimum Gasteiger partial charge on any atom is -0.360 e. The molecule has 33 heavy (non-hydrogen) atoms. The second-order valence-electron chi connectivity index (χ2n) is 8.01. The van der Waals surface area contributed by atoms with Gasteiger partial charge in [-0.25, -0.2) is 4.98 Å². The Morgan fingerprint density at radius 1 is 1.18 bits per heavy atom. The van der Waals surface area contributed by atoms with Crippen LogP contribution in [-0.4, -0.2) is 27.5 Å². The molecule has 4 aromatic rings. The molecule has 1 aliphatic heterocycles. The van der Waals surface area contributed by atoms with E-state index >= 15 is 0 Å². The predicted octanol–water partition coefficient (Wildman–Crippen LogP) is 5.54. The van der Waals surface area contributed by atoms with Gasteiger partial charge in [0, 0.05) is 41.9 Å². The van der Waals surface area contributed by atoms with E-state index in [2.05, 4.69) is 39.6 Å². The van der Waals surface area contributed by atoms with Gasteiger partial charge < -0.3 is 4.52 Å². The van der Waals surface area contributed by atoms with E-state index in [0.717, 1.165) is 48.1 Å². The Labute approximate surface area is 201 Å². The quantitative estimate of drug-likeness (QED) is 0.353. The van der Waals surface area contributed by atoms with Crippen LogP contribution in [0.3, 0.4) is 0 Å². The minimum absolute atomic E-state index is 0.140. The van der Waals surface area contributed by atoms with Crippen molar-refractivity contribution in [3.05, 3.63) is 93.8 Å². The van der Waals surface area contributed by atoms with E-state index in [9.17, 15) is 4.79 Å². The first-order valence-corrected chi connectivity index (χ1v) is 12.6. The zero-order chi connectivity index (χ0) is 22.6. The lowest BCUT2D eigenvalue weighted by molar-refractivity contribution is 0.102. The molecule has 2 aromatic carbocycles. The average Bonchev–Trinajstić information content (AvgIpc) is 3.43. The maximum Gasteiger partial charge on any atom is 0.258 e. The molecule has 0 radical (unpaired) electrons. The van der Waals surface area contributed by atoms with Gasteiger partial charge in [0.2, 0.25) is 0 Å². The fourth-order valence-corrected chi connectivity index (χ4v) is 5.83. The first kappa shape index (κ1) is 21.9. The van der Waals surface area contributed by atoms with Crippen LogP contribution in [0.5, 0.6) is 0 Å². The number of carbonyl (C=O) groups excluding carboxylic acids is 1. The van der Waals surface area contributed by atoms with Gasteiger partial charge >= 0.3 is 0 Å². The molecule has 2 aromatic heterocycles. The van der Waals surface area contributed by atoms with Crippen LogP contribution < -0.4 is 5.32 Å². The molecule has 0 fully saturated rings. The third-order valence-corrected chi connectivity index (χ3v) is 7.55. The number of carbonyl (C=O) groups is 1. The second kappa shape index (κ2) is 9.91. The van der Waals surface area contributed by atoms with Gasteiger partial charge in [0.1, 0.15) is 5.76 Å².